The maximum atomic E-state index is 9.51. The topological polar surface area (TPSA) is 46.2 Å². The Kier molecular flexibility index (Phi) is 3.90. The third kappa shape index (κ3) is 2.79. The number of hydrogen-bond donors (Lipinski definition) is 2. The van der Waals surface area contributed by atoms with Gasteiger partial charge in [-0.25, -0.2) is 0 Å². The van der Waals surface area contributed by atoms with Gasteiger partial charge in [-0.05, 0) is 24.1 Å². The SMILES string of the molecule is CC[C@@H](O)[C@@H](N)c1ccc(Br)cc1. The first-order valence-corrected chi connectivity index (χ1v) is 5.13. The molecule has 0 aromatic heterocycles. The van der Waals surface area contributed by atoms with Crippen LogP contribution in [0.4, 0.5) is 0 Å². The normalized spacial score (nSPS) is 15.4. The first kappa shape index (κ1) is 10.7. The molecule has 2 atom stereocenters. The van der Waals surface area contributed by atoms with Gasteiger partial charge in [-0.2, -0.15) is 0 Å². The van der Waals surface area contributed by atoms with Gasteiger partial charge in [-0.1, -0.05) is 35.0 Å². The van der Waals surface area contributed by atoms with Crippen LogP contribution in [0.15, 0.2) is 28.7 Å². The minimum absolute atomic E-state index is 0.280. The minimum Gasteiger partial charge on any atom is -0.391 e. The van der Waals surface area contributed by atoms with Crippen molar-refractivity contribution in [3.8, 4) is 0 Å². The van der Waals surface area contributed by atoms with E-state index in [0.29, 0.717) is 6.42 Å². The minimum atomic E-state index is -0.457. The molecular weight excluding hydrogens is 230 g/mol. The number of halogens is 1. The quantitative estimate of drug-likeness (QED) is 0.856. The van der Waals surface area contributed by atoms with Gasteiger partial charge in [-0.3, -0.25) is 0 Å². The molecule has 1 aromatic rings. The zero-order valence-corrected chi connectivity index (χ0v) is 9.16. The van der Waals surface area contributed by atoms with Crippen LogP contribution < -0.4 is 5.73 Å². The molecule has 72 valence electrons. The summed E-state index contributed by atoms with van der Waals surface area (Å²) in [6.45, 7) is 1.92. The predicted molar refractivity (Wildman–Crippen MR) is 57.4 cm³/mol. The molecule has 1 aromatic carbocycles. The number of benzene rings is 1. The smallest absolute Gasteiger partial charge is 0.0730 e. The zero-order valence-electron chi connectivity index (χ0n) is 7.57. The van der Waals surface area contributed by atoms with E-state index in [1.54, 1.807) is 0 Å². The van der Waals surface area contributed by atoms with Crippen molar-refractivity contribution < 1.29 is 5.11 Å². The molecule has 0 aliphatic heterocycles. The van der Waals surface area contributed by atoms with Crippen molar-refractivity contribution in [2.45, 2.75) is 25.5 Å². The van der Waals surface area contributed by atoms with Crippen molar-refractivity contribution in [1.82, 2.24) is 0 Å². The summed E-state index contributed by atoms with van der Waals surface area (Å²) in [4.78, 5) is 0. The molecule has 0 saturated carbocycles. The van der Waals surface area contributed by atoms with Gasteiger partial charge in [0.1, 0.15) is 0 Å². The van der Waals surface area contributed by atoms with Crippen molar-refractivity contribution in [3.05, 3.63) is 34.3 Å². The van der Waals surface area contributed by atoms with Crippen molar-refractivity contribution >= 4 is 15.9 Å². The first-order valence-electron chi connectivity index (χ1n) is 4.34. The highest BCUT2D eigenvalue weighted by atomic mass is 79.9. The molecule has 0 radical (unpaired) electrons. The fraction of sp³-hybridized carbons (Fsp3) is 0.400. The lowest BCUT2D eigenvalue weighted by molar-refractivity contribution is 0.140. The number of aliphatic hydroxyl groups excluding tert-OH is 1. The standard InChI is InChI=1S/C10H14BrNO/c1-2-9(13)10(12)7-3-5-8(11)6-4-7/h3-6,9-10,13H,2,12H2,1H3/t9-,10+/m1/s1. The fourth-order valence-electron chi connectivity index (χ4n) is 1.16. The maximum Gasteiger partial charge on any atom is 0.0730 e. The van der Waals surface area contributed by atoms with Crippen LogP contribution in [0.1, 0.15) is 24.9 Å². The van der Waals surface area contributed by atoms with E-state index in [1.165, 1.54) is 0 Å². The van der Waals surface area contributed by atoms with E-state index in [9.17, 15) is 5.11 Å². The molecule has 0 saturated heterocycles. The highest BCUT2D eigenvalue weighted by Gasteiger charge is 2.13. The van der Waals surface area contributed by atoms with Crippen molar-refractivity contribution in [1.29, 1.82) is 0 Å². The highest BCUT2D eigenvalue weighted by Crippen LogP contribution is 2.18. The largest absolute Gasteiger partial charge is 0.391 e. The number of rotatable bonds is 3. The van der Waals surface area contributed by atoms with Crippen LogP contribution in [-0.4, -0.2) is 11.2 Å². The van der Waals surface area contributed by atoms with Gasteiger partial charge in [0.25, 0.3) is 0 Å². The summed E-state index contributed by atoms with van der Waals surface area (Å²) in [6, 6.07) is 7.43. The summed E-state index contributed by atoms with van der Waals surface area (Å²) in [7, 11) is 0. The maximum absolute atomic E-state index is 9.51. The Morgan fingerprint density at radius 3 is 2.38 bits per heavy atom. The molecule has 0 bridgehead atoms. The molecule has 1 rings (SSSR count). The Labute approximate surface area is 86.9 Å². The second-order valence-electron chi connectivity index (χ2n) is 3.05. The van der Waals surface area contributed by atoms with Gasteiger partial charge in [0, 0.05) is 4.47 Å². The fourth-order valence-corrected chi connectivity index (χ4v) is 1.43. The van der Waals surface area contributed by atoms with Gasteiger partial charge in [-0.15, -0.1) is 0 Å². The van der Waals surface area contributed by atoms with Crippen LogP contribution in [0.5, 0.6) is 0 Å². The van der Waals surface area contributed by atoms with E-state index in [-0.39, 0.29) is 6.04 Å². The number of hydrogen-bond acceptors (Lipinski definition) is 2. The molecule has 0 heterocycles. The average molecular weight is 244 g/mol. The van der Waals surface area contributed by atoms with Crippen LogP contribution in [0, 0.1) is 0 Å². The summed E-state index contributed by atoms with van der Waals surface area (Å²) >= 11 is 3.35. The Hall–Kier alpha value is -0.380. The lowest BCUT2D eigenvalue weighted by Crippen LogP contribution is -2.25. The van der Waals surface area contributed by atoms with Gasteiger partial charge in [0.05, 0.1) is 12.1 Å². The molecule has 0 spiro atoms. The molecular formula is C10H14BrNO. The van der Waals surface area contributed by atoms with Gasteiger partial charge in [0.15, 0.2) is 0 Å². The number of nitrogens with two attached hydrogens (primary N) is 1. The summed E-state index contributed by atoms with van der Waals surface area (Å²) in [5.74, 6) is 0. The van der Waals surface area contributed by atoms with Crippen LogP contribution in [0.3, 0.4) is 0 Å². The molecule has 0 fully saturated rings. The molecule has 13 heavy (non-hydrogen) atoms. The lowest BCUT2D eigenvalue weighted by atomic mass is 10.0. The molecule has 0 amide bonds. The molecule has 0 unspecified atom stereocenters. The van der Waals surface area contributed by atoms with Crippen molar-refractivity contribution in [2.24, 2.45) is 5.73 Å². The summed E-state index contributed by atoms with van der Waals surface area (Å²) in [5, 5.41) is 9.51. The molecule has 3 N–H and O–H groups in total. The monoisotopic (exact) mass is 243 g/mol. The lowest BCUT2D eigenvalue weighted by Gasteiger charge is -2.17. The van der Waals surface area contributed by atoms with Crippen LogP contribution in [0.25, 0.3) is 0 Å². The second kappa shape index (κ2) is 4.74. The van der Waals surface area contributed by atoms with Gasteiger partial charge >= 0.3 is 0 Å². The van der Waals surface area contributed by atoms with Crippen LogP contribution >= 0.6 is 15.9 Å². The average Bonchev–Trinajstić information content (AvgIpc) is 2.17. The van der Waals surface area contributed by atoms with Gasteiger partial charge in [0.2, 0.25) is 0 Å². The molecule has 0 aliphatic carbocycles. The van der Waals surface area contributed by atoms with Crippen LogP contribution in [-0.2, 0) is 0 Å². The van der Waals surface area contributed by atoms with E-state index in [2.05, 4.69) is 15.9 Å². The summed E-state index contributed by atoms with van der Waals surface area (Å²) in [5.41, 5.74) is 6.80. The van der Waals surface area contributed by atoms with Crippen LogP contribution in [0.2, 0.25) is 0 Å². The van der Waals surface area contributed by atoms with E-state index < -0.39 is 6.10 Å². The van der Waals surface area contributed by atoms with Gasteiger partial charge < -0.3 is 10.8 Å². The van der Waals surface area contributed by atoms with Crippen molar-refractivity contribution in [3.63, 3.8) is 0 Å². The summed E-state index contributed by atoms with van der Waals surface area (Å²) < 4.78 is 1.02. The third-order valence-electron chi connectivity index (χ3n) is 2.09. The Morgan fingerprint density at radius 2 is 1.92 bits per heavy atom. The van der Waals surface area contributed by atoms with E-state index >= 15 is 0 Å². The zero-order chi connectivity index (χ0) is 9.84. The first-order chi connectivity index (χ1) is 6.15. The molecule has 0 aliphatic rings. The van der Waals surface area contributed by atoms with E-state index in [0.717, 1.165) is 10.0 Å². The Balaban J connectivity index is 2.77. The molecule has 3 heteroatoms. The Bertz CT molecular complexity index is 260. The Morgan fingerprint density at radius 1 is 1.38 bits per heavy atom. The van der Waals surface area contributed by atoms with E-state index in [1.807, 2.05) is 31.2 Å². The highest BCUT2D eigenvalue weighted by molar-refractivity contribution is 9.10. The predicted octanol–water partition coefficient (Wildman–Crippen LogP) is 2.22. The third-order valence-corrected chi connectivity index (χ3v) is 2.62. The number of aliphatic hydroxyl groups is 1. The molecule has 2 nitrogen and oxygen atoms in total. The summed E-state index contributed by atoms with van der Waals surface area (Å²) in [6.07, 6.45) is 0.221. The van der Waals surface area contributed by atoms with E-state index in [4.69, 9.17) is 5.73 Å². The van der Waals surface area contributed by atoms with Crippen molar-refractivity contribution in [2.75, 3.05) is 0 Å². The second-order valence-corrected chi connectivity index (χ2v) is 3.97.